The average Bonchev–Trinajstić information content (AvgIpc) is 2.82. The van der Waals surface area contributed by atoms with Crippen LogP contribution in [0, 0.1) is 0 Å². The molecule has 15 heavy (non-hydrogen) atoms. The van der Waals surface area contributed by atoms with Gasteiger partial charge in [-0.3, -0.25) is 4.68 Å². The number of halogens is 1. The topological polar surface area (TPSA) is 43.6 Å². The summed E-state index contributed by atoms with van der Waals surface area (Å²) in [7, 11) is 0. The van der Waals surface area contributed by atoms with Crippen molar-refractivity contribution in [3.8, 4) is 10.7 Å². The van der Waals surface area contributed by atoms with Crippen LogP contribution in [0.2, 0.25) is 5.28 Å². The summed E-state index contributed by atoms with van der Waals surface area (Å²) in [6, 6.07) is 2.04. The molecule has 0 atom stereocenters. The van der Waals surface area contributed by atoms with Crippen molar-refractivity contribution >= 4 is 23.1 Å². The second kappa shape index (κ2) is 4.28. The predicted molar refractivity (Wildman–Crippen MR) is 61.2 cm³/mol. The zero-order valence-corrected chi connectivity index (χ0v) is 10.1. The van der Waals surface area contributed by atoms with E-state index in [4.69, 9.17) is 11.6 Å². The largest absolute Gasteiger partial charge is 0.262 e. The minimum absolute atomic E-state index is 0.303. The van der Waals surface area contributed by atoms with Gasteiger partial charge in [-0.25, -0.2) is 4.98 Å². The Bertz CT molecular complexity index is 462. The van der Waals surface area contributed by atoms with Gasteiger partial charge in [-0.05, 0) is 42.5 Å². The first-order chi connectivity index (χ1) is 7.24. The summed E-state index contributed by atoms with van der Waals surface area (Å²) in [5.74, 6) is 0. The van der Waals surface area contributed by atoms with E-state index >= 15 is 0 Å². The normalized spacial score (nSPS) is 10.9. The smallest absolute Gasteiger partial charge is 0.234 e. The van der Waals surface area contributed by atoms with E-state index in [1.807, 2.05) is 10.7 Å². The highest BCUT2D eigenvalue weighted by Crippen LogP contribution is 2.24. The summed E-state index contributed by atoms with van der Waals surface area (Å²) in [4.78, 5) is 4.15. The number of nitrogens with zero attached hydrogens (tertiary/aromatic N) is 4. The Morgan fingerprint density at radius 3 is 2.80 bits per heavy atom. The van der Waals surface area contributed by atoms with E-state index in [0.29, 0.717) is 5.28 Å². The molecule has 0 aliphatic carbocycles. The fourth-order valence-electron chi connectivity index (χ4n) is 1.37. The van der Waals surface area contributed by atoms with Crippen LogP contribution in [0.15, 0.2) is 6.07 Å². The van der Waals surface area contributed by atoms with Crippen molar-refractivity contribution in [2.75, 3.05) is 0 Å². The maximum absolute atomic E-state index is 5.71. The molecule has 0 fully saturated rings. The molecule has 0 bridgehead atoms. The molecular formula is C9H11ClN4S. The van der Waals surface area contributed by atoms with E-state index in [0.717, 1.165) is 29.4 Å². The van der Waals surface area contributed by atoms with E-state index in [9.17, 15) is 0 Å². The van der Waals surface area contributed by atoms with Crippen LogP contribution in [0.3, 0.4) is 0 Å². The Morgan fingerprint density at radius 2 is 2.27 bits per heavy atom. The third-order valence-electron chi connectivity index (χ3n) is 2.11. The molecule has 80 valence electrons. The average molecular weight is 243 g/mol. The molecule has 4 nitrogen and oxygen atoms in total. The highest BCUT2D eigenvalue weighted by molar-refractivity contribution is 7.09. The lowest BCUT2D eigenvalue weighted by atomic mass is 10.3. The van der Waals surface area contributed by atoms with E-state index in [1.54, 1.807) is 0 Å². The molecule has 0 amide bonds. The fourth-order valence-corrected chi connectivity index (χ4v) is 2.19. The zero-order chi connectivity index (χ0) is 10.8. The number of hydrogen-bond acceptors (Lipinski definition) is 4. The molecule has 0 N–H and O–H groups in total. The Labute approximate surface area is 97.1 Å². The summed E-state index contributed by atoms with van der Waals surface area (Å²) in [6.07, 6.45) is 0.923. The van der Waals surface area contributed by atoms with Crippen molar-refractivity contribution in [2.45, 2.75) is 26.8 Å². The minimum atomic E-state index is 0.303. The van der Waals surface area contributed by atoms with Crippen LogP contribution >= 0.6 is 23.1 Å². The maximum Gasteiger partial charge on any atom is 0.234 e. The SMILES string of the molecule is CCc1cc(-c2nc(Cl)ns2)n(CC)n1. The van der Waals surface area contributed by atoms with Gasteiger partial charge in [0.25, 0.3) is 0 Å². The third kappa shape index (κ3) is 2.03. The lowest BCUT2D eigenvalue weighted by Gasteiger charge is -1.98. The van der Waals surface area contributed by atoms with Crippen LogP contribution in [0.1, 0.15) is 19.5 Å². The van der Waals surface area contributed by atoms with Crippen molar-refractivity contribution in [2.24, 2.45) is 0 Å². The number of aromatic nitrogens is 4. The first-order valence-electron chi connectivity index (χ1n) is 4.81. The molecule has 2 aromatic rings. The van der Waals surface area contributed by atoms with E-state index in [1.165, 1.54) is 11.5 Å². The summed E-state index contributed by atoms with van der Waals surface area (Å²) in [5.41, 5.74) is 2.07. The molecule has 0 aliphatic heterocycles. The van der Waals surface area contributed by atoms with E-state index in [-0.39, 0.29) is 0 Å². The quantitative estimate of drug-likeness (QED) is 0.831. The molecule has 2 heterocycles. The van der Waals surface area contributed by atoms with Gasteiger partial charge in [-0.2, -0.15) is 9.47 Å². The number of hydrogen-bond donors (Lipinski definition) is 0. The molecule has 6 heteroatoms. The third-order valence-corrected chi connectivity index (χ3v) is 3.12. The molecule has 0 saturated carbocycles. The van der Waals surface area contributed by atoms with Crippen LogP contribution in [0.5, 0.6) is 0 Å². The van der Waals surface area contributed by atoms with Gasteiger partial charge in [0.2, 0.25) is 5.28 Å². The Hall–Kier alpha value is -0.940. The monoisotopic (exact) mass is 242 g/mol. The zero-order valence-electron chi connectivity index (χ0n) is 8.57. The minimum Gasteiger partial charge on any atom is -0.262 e. The van der Waals surface area contributed by atoms with Gasteiger partial charge in [0.15, 0.2) is 5.01 Å². The highest BCUT2D eigenvalue weighted by Gasteiger charge is 2.12. The fraction of sp³-hybridized carbons (Fsp3) is 0.444. The second-order valence-corrected chi connectivity index (χ2v) is 4.15. The van der Waals surface area contributed by atoms with Crippen molar-refractivity contribution in [3.63, 3.8) is 0 Å². The Morgan fingerprint density at radius 1 is 1.47 bits per heavy atom. The molecule has 0 radical (unpaired) electrons. The Balaban J connectivity index is 2.46. The van der Waals surface area contributed by atoms with Crippen molar-refractivity contribution in [3.05, 3.63) is 17.0 Å². The van der Waals surface area contributed by atoms with Gasteiger partial charge in [0.05, 0.1) is 11.4 Å². The summed E-state index contributed by atoms with van der Waals surface area (Å²) >= 11 is 7.01. The molecule has 0 saturated heterocycles. The van der Waals surface area contributed by atoms with Gasteiger partial charge >= 0.3 is 0 Å². The first kappa shape index (κ1) is 10.6. The molecular weight excluding hydrogens is 232 g/mol. The molecule has 2 aromatic heterocycles. The lowest BCUT2D eigenvalue weighted by Crippen LogP contribution is -1.99. The molecule has 0 aromatic carbocycles. The highest BCUT2D eigenvalue weighted by atomic mass is 35.5. The van der Waals surface area contributed by atoms with Gasteiger partial charge in [0, 0.05) is 6.54 Å². The van der Waals surface area contributed by atoms with E-state index < -0.39 is 0 Å². The summed E-state index contributed by atoms with van der Waals surface area (Å²) < 4.78 is 5.88. The van der Waals surface area contributed by atoms with Gasteiger partial charge in [-0.15, -0.1) is 0 Å². The lowest BCUT2D eigenvalue weighted by molar-refractivity contribution is 0.655. The molecule has 2 rings (SSSR count). The molecule has 0 spiro atoms. The van der Waals surface area contributed by atoms with Gasteiger partial charge < -0.3 is 0 Å². The number of aryl methyl sites for hydroxylation is 2. The Kier molecular flexibility index (Phi) is 3.02. The van der Waals surface area contributed by atoms with Crippen molar-refractivity contribution in [1.82, 2.24) is 19.1 Å². The second-order valence-electron chi connectivity index (χ2n) is 3.06. The standard InChI is InChI=1S/C9H11ClN4S/c1-3-6-5-7(14(4-2)12-6)8-11-9(10)13-15-8/h5H,3-4H2,1-2H3. The molecule has 0 unspecified atom stereocenters. The van der Waals surface area contributed by atoms with Crippen molar-refractivity contribution in [1.29, 1.82) is 0 Å². The first-order valence-corrected chi connectivity index (χ1v) is 5.96. The van der Waals surface area contributed by atoms with Crippen LogP contribution in [0.4, 0.5) is 0 Å². The predicted octanol–water partition coefficient (Wildman–Crippen LogP) is 2.64. The van der Waals surface area contributed by atoms with Gasteiger partial charge in [-0.1, -0.05) is 6.92 Å². The van der Waals surface area contributed by atoms with Crippen LogP contribution < -0.4 is 0 Å². The summed E-state index contributed by atoms with van der Waals surface area (Å²) in [6.45, 7) is 4.96. The van der Waals surface area contributed by atoms with E-state index in [2.05, 4.69) is 28.3 Å². The number of rotatable bonds is 3. The van der Waals surface area contributed by atoms with Crippen LogP contribution in [-0.4, -0.2) is 19.1 Å². The van der Waals surface area contributed by atoms with Crippen LogP contribution in [0.25, 0.3) is 10.7 Å². The maximum atomic E-state index is 5.71. The molecule has 0 aliphatic rings. The van der Waals surface area contributed by atoms with Gasteiger partial charge in [0.1, 0.15) is 0 Å². The van der Waals surface area contributed by atoms with Crippen LogP contribution in [-0.2, 0) is 13.0 Å². The van der Waals surface area contributed by atoms with Crippen molar-refractivity contribution < 1.29 is 0 Å². The summed E-state index contributed by atoms with van der Waals surface area (Å²) in [5, 5.41) is 5.58.